The first-order chi connectivity index (χ1) is 8.80. The lowest BCUT2D eigenvalue weighted by molar-refractivity contribution is 0.153. The Morgan fingerprint density at radius 1 is 1.42 bits per heavy atom. The monoisotopic (exact) mass is 306 g/mol. The van der Waals surface area contributed by atoms with Gasteiger partial charge in [-0.1, -0.05) is 13.8 Å². The summed E-state index contributed by atoms with van der Waals surface area (Å²) in [4.78, 5) is 0.860. The van der Waals surface area contributed by atoms with Crippen molar-refractivity contribution in [3.63, 3.8) is 0 Å². The van der Waals surface area contributed by atoms with Gasteiger partial charge < -0.3 is 10.5 Å². The molecule has 0 radical (unpaired) electrons. The molecule has 5 nitrogen and oxygen atoms in total. The number of thiophene rings is 1. The van der Waals surface area contributed by atoms with Crippen molar-refractivity contribution in [2.45, 2.75) is 31.0 Å². The molecule has 1 rings (SSSR count). The molecule has 19 heavy (non-hydrogen) atoms. The summed E-state index contributed by atoms with van der Waals surface area (Å²) in [6, 6.07) is 3.34. The molecule has 1 heterocycles. The summed E-state index contributed by atoms with van der Waals surface area (Å²) in [5, 5.41) is 0. The van der Waals surface area contributed by atoms with E-state index in [2.05, 4.69) is 4.72 Å². The summed E-state index contributed by atoms with van der Waals surface area (Å²) in [5.41, 5.74) is 5.34. The second-order valence-electron chi connectivity index (χ2n) is 5.16. The van der Waals surface area contributed by atoms with Gasteiger partial charge in [-0.15, -0.1) is 11.3 Å². The van der Waals surface area contributed by atoms with Crippen LogP contribution in [0.15, 0.2) is 16.3 Å². The van der Waals surface area contributed by atoms with Crippen LogP contribution in [0.5, 0.6) is 0 Å². The van der Waals surface area contributed by atoms with E-state index in [0.717, 1.165) is 11.3 Å². The largest absolute Gasteiger partial charge is 0.385 e. The van der Waals surface area contributed by atoms with Gasteiger partial charge in [-0.3, -0.25) is 0 Å². The van der Waals surface area contributed by atoms with Crippen molar-refractivity contribution in [2.75, 3.05) is 20.3 Å². The van der Waals surface area contributed by atoms with Gasteiger partial charge in [-0.25, -0.2) is 13.1 Å². The molecule has 0 spiro atoms. The van der Waals surface area contributed by atoms with E-state index in [1.165, 1.54) is 11.3 Å². The summed E-state index contributed by atoms with van der Waals surface area (Å²) in [5.74, 6) is 0. The molecule has 110 valence electrons. The molecule has 0 saturated heterocycles. The molecule has 0 aromatic carbocycles. The van der Waals surface area contributed by atoms with E-state index in [4.69, 9.17) is 10.5 Å². The van der Waals surface area contributed by atoms with E-state index in [9.17, 15) is 8.42 Å². The van der Waals surface area contributed by atoms with E-state index >= 15 is 0 Å². The highest BCUT2D eigenvalue weighted by Crippen LogP contribution is 2.23. The average molecular weight is 306 g/mol. The molecule has 7 heteroatoms. The molecule has 0 aliphatic heterocycles. The number of hydrogen-bond donors (Lipinski definition) is 2. The summed E-state index contributed by atoms with van der Waals surface area (Å²) in [6.45, 7) is 5.38. The molecule has 0 saturated carbocycles. The third kappa shape index (κ3) is 5.19. The highest BCUT2D eigenvalue weighted by atomic mass is 32.2. The molecular formula is C12H22N2O3S2. The first kappa shape index (κ1) is 16.6. The maximum atomic E-state index is 12.1. The Morgan fingerprint density at radius 3 is 2.63 bits per heavy atom. The molecule has 0 aliphatic carbocycles. The number of nitrogens with one attached hydrogen (secondary N) is 1. The summed E-state index contributed by atoms with van der Waals surface area (Å²) in [7, 11) is -1.80. The Hall–Kier alpha value is -0.470. The van der Waals surface area contributed by atoms with Crippen molar-refractivity contribution in [3.05, 3.63) is 17.0 Å². The van der Waals surface area contributed by atoms with Crippen LogP contribution >= 0.6 is 11.3 Å². The topological polar surface area (TPSA) is 81.4 Å². The third-order valence-corrected chi connectivity index (χ3v) is 5.83. The lowest BCUT2D eigenvalue weighted by Gasteiger charge is -2.24. The van der Waals surface area contributed by atoms with Crippen LogP contribution in [0.1, 0.15) is 25.1 Å². The van der Waals surface area contributed by atoms with Gasteiger partial charge in [0.15, 0.2) is 0 Å². The maximum absolute atomic E-state index is 12.1. The highest BCUT2D eigenvalue weighted by molar-refractivity contribution is 7.91. The Morgan fingerprint density at radius 2 is 2.11 bits per heavy atom. The summed E-state index contributed by atoms with van der Waals surface area (Å²) < 4.78 is 32.2. The first-order valence-corrected chi connectivity index (χ1v) is 8.38. The van der Waals surface area contributed by atoms with Crippen LogP contribution in [0.4, 0.5) is 0 Å². The van der Waals surface area contributed by atoms with Crippen LogP contribution in [-0.4, -0.2) is 28.7 Å². The molecular weight excluding hydrogens is 284 g/mol. The van der Waals surface area contributed by atoms with Gasteiger partial charge in [0.05, 0.1) is 0 Å². The van der Waals surface area contributed by atoms with Crippen molar-refractivity contribution in [1.82, 2.24) is 4.72 Å². The Labute approximate surface area is 119 Å². The molecule has 0 atom stereocenters. The van der Waals surface area contributed by atoms with E-state index in [0.29, 0.717) is 23.9 Å². The lowest BCUT2D eigenvalue weighted by atomic mass is 9.90. The van der Waals surface area contributed by atoms with Crippen LogP contribution in [-0.2, 0) is 21.3 Å². The number of ether oxygens (including phenoxy) is 1. The predicted octanol–water partition coefficient (Wildman–Crippen LogP) is 1.55. The van der Waals surface area contributed by atoms with E-state index in [1.54, 1.807) is 19.2 Å². The number of nitrogens with two attached hydrogens (primary N) is 1. The van der Waals surface area contributed by atoms with Gasteiger partial charge in [0, 0.05) is 31.7 Å². The minimum absolute atomic E-state index is 0.142. The van der Waals surface area contributed by atoms with Gasteiger partial charge in [0.25, 0.3) is 0 Å². The smallest absolute Gasteiger partial charge is 0.250 e. The van der Waals surface area contributed by atoms with Crippen molar-refractivity contribution in [1.29, 1.82) is 0 Å². The Bertz CT molecular complexity index is 495. The molecule has 0 unspecified atom stereocenters. The SMILES string of the molecule is COCCC(C)(C)CNS(=O)(=O)c1ccc(CN)s1. The minimum atomic E-state index is -3.44. The van der Waals surface area contributed by atoms with Gasteiger partial charge in [0.1, 0.15) is 4.21 Å². The highest BCUT2D eigenvalue weighted by Gasteiger charge is 2.23. The van der Waals surface area contributed by atoms with Crippen molar-refractivity contribution >= 4 is 21.4 Å². The van der Waals surface area contributed by atoms with Crippen molar-refractivity contribution in [3.8, 4) is 0 Å². The normalized spacial score (nSPS) is 12.8. The number of methoxy groups -OCH3 is 1. The fourth-order valence-electron chi connectivity index (χ4n) is 1.44. The van der Waals surface area contributed by atoms with E-state index < -0.39 is 10.0 Å². The third-order valence-electron chi connectivity index (χ3n) is 2.83. The average Bonchev–Trinajstić information content (AvgIpc) is 2.84. The minimum Gasteiger partial charge on any atom is -0.385 e. The van der Waals surface area contributed by atoms with Crippen LogP contribution in [0, 0.1) is 5.41 Å². The molecule has 1 aromatic rings. The fraction of sp³-hybridized carbons (Fsp3) is 0.667. The molecule has 0 bridgehead atoms. The number of sulfonamides is 1. The second-order valence-corrected chi connectivity index (χ2v) is 8.32. The zero-order chi connectivity index (χ0) is 14.5. The molecule has 0 fully saturated rings. The number of rotatable bonds is 8. The van der Waals surface area contributed by atoms with Crippen molar-refractivity contribution < 1.29 is 13.2 Å². The van der Waals surface area contributed by atoms with Crippen molar-refractivity contribution in [2.24, 2.45) is 11.1 Å². The second kappa shape index (κ2) is 6.81. The van der Waals surface area contributed by atoms with Crippen LogP contribution < -0.4 is 10.5 Å². The zero-order valence-corrected chi connectivity index (χ0v) is 13.2. The molecule has 0 aliphatic rings. The van der Waals surface area contributed by atoms with Crippen LogP contribution in [0.3, 0.4) is 0 Å². The fourth-order valence-corrected chi connectivity index (χ4v) is 3.96. The lowest BCUT2D eigenvalue weighted by Crippen LogP contribution is -2.34. The predicted molar refractivity (Wildman–Crippen MR) is 77.7 cm³/mol. The van der Waals surface area contributed by atoms with Gasteiger partial charge >= 0.3 is 0 Å². The molecule has 1 aromatic heterocycles. The summed E-state index contributed by atoms with van der Waals surface area (Å²) >= 11 is 1.21. The van der Waals surface area contributed by atoms with E-state index in [-0.39, 0.29) is 5.41 Å². The number of hydrogen-bond acceptors (Lipinski definition) is 5. The van der Waals surface area contributed by atoms with E-state index in [1.807, 2.05) is 13.8 Å². The van der Waals surface area contributed by atoms with Crippen LogP contribution in [0.25, 0.3) is 0 Å². The molecule has 0 amide bonds. The van der Waals surface area contributed by atoms with Gasteiger partial charge in [0.2, 0.25) is 10.0 Å². The van der Waals surface area contributed by atoms with Gasteiger partial charge in [-0.05, 0) is 24.0 Å². The standard InChI is InChI=1S/C12H22N2O3S2/c1-12(2,6-7-17-3)9-14-19(15,16)11-5-4-10(8-13)18-11/h4-5,14H,6-9,13H2,1-3H3. The Balaban J connectivity index is 2.65. The van der Waals surface area contributed by atoms with Crippen LogP contribution in [0.2, 0.25) is 0 Å². The van der Waals surface area contributed by atoms with Gasteiger partial charge in [-0.2, -0.15) is 0 Å². The quantitative estimate of drug-likeness (QED) is 0.763. The maximum Gasteiger partial charge on any atom is 0.250 e. The first-order valence-electron chi connectivity index (χ1n) is 6.08. The summed E-state index contributed by atoms with van der Waals surface area (Å²) in [6.07, 6.45) is 0.796. The Kier molecular flexibility index (Phi) is 5.94. The molecule has 3 N–H and O–H groups in total. The zero-order valence-electron chi connectivity index (χ0n) is 11.6.